The fourth-order valence-electron chi connectivity index (χ4n) is 3.51. The number of benzene rings is 1. The highest BCUT2D eigenvalue weighted by atomic mass is 32.2. The molecule has 29 heavy (non-hydrogen) atoms. The Bertz CT molecular complexity index is 920. The number of hydrogen-bond donors (Lipinski definition) is 1. The van der Waals surface area contributed by atoms with Gasteiger partial charge in [-0.25, -0.2) is 13.2 Å². The van der Waals surface area contributed by atoms with Crippen molar-refractivity contribution in [1.29, 1.82) is 0 Å². The van der Waals surface area contributed by atoms with Crippen LogP contribution in [0.2, 0.25) is 0 Å². The predicted molar refractivity (Wildman–Crippen MR) is 108 cm³/mol. The monoisotopic (exact) mass is 421 g/mol. The van der Waals surface area contributed by atoms with Crippen LogP contribution in [0.4, 0.5) is 0 Å². The summed E-state index contributed by atoms with van der Waals surface area (Å²) in [6.07, 6.45) is 2.10. The van der Waals surface area contributed by atoms with Gasteiger partial charge in [-0.2, -0.15) is 0 Å². The number of amides is 1. The second-order valence-electron chi connectivity index (χ2n) is 7.73. The lowest BCUT2D eigenvalue weighted by atomic mass is 10.0. The number of piperidine rings is 1. The molecule has 1 N–H and O–H groups in total. The van der Waals surface area contributed by atoms with E-state index < -0.39 is 28.1 Å². The van der Waals surface area contributed by atoms with Crippen LogP contribution in [0.3, 0.4) is 0 Å². The highest BCUT2D eigenvalue weighted by Crippen LogP contribution is 2.24. The van der Waals surface area contributed by atoms with Gasteiger partial charge >= 0.3 is 5.97 Å². The molecule has 1 aromatic rings. The van der Waals surface area contributed by atoms with Crippen LogP contribution in [0, 0.1) is 5.92 Å². The van der Waals surface area contributed by atoms with Crippen LogP contribution in [-0.4, -0.2) is 56.3 Å². The van der Waals surface area contributed by atoms with Crippen LogP contribution in [0.1, 0.15) is 45.6 Å². The number of rotatable bonds is 5. The molecule has 2 aliphatic heterocycles. The fraction of sp³-hybridized carbons (Fsp3) is 0.550. The van der Waals surface area contributed by atoms with Crippen molar-refractivity contribution in [2.24, 2.45) is 10.9 Å². The molecule has 0 radical (unpaired) electrons. The molecule has 0 aromatic heterocycles. The molecule has 1 saturated heterocycles. The van der Waals surface area contributed by atoms with Gasteiger partial charge in [0.2, 0.25) is 0 Å². The van der Waals surface area contributed by atoms with E-state index >= 15 is 0 Å². The highest BCUT2D eigenvalue weighted by Gasteiger charge is 2.34. The molecule has 158 valence electrons. The molecule has 1 amide bonds. The standard InChI is InChI=1S/C20H27N3O5S/c1-13(2)17(20(25)28-14(3)19(24)23-11-7-4-8-12-23)21-18-15-9-5-6-10-16(15)29(26,27)22-18/h5-6,9-10,13-14,17H,4,7-8,11-12H2,1-3H3,(H,21,22)/t14-,17-/m1/s1. The van der Waals surface area contributed by atoms with Crippen molar-refractivity contribution in [3.05, 3.63) is 29.8 Å². The first-order valence-electron chi connectivity index (χ1n) is 9.90. The fourth-order valence-corrected chi connectivity index (χ4v) is 4.75. The maximum atomic E-state index is 12.8. The number of aliphatic imine (C=N–C) groups is 1. The van der Waals surface area contributed by atoms with E-state index in [9.17, 15) is 18.0 Å². The third-order valence-corrected chi connectivity index (χ3v) is 6.51. The molecular formula is C20H27N3O5S. The number of sulfonamides is 1. The Morgan fingerprint density at radius 1 is 1.10 bits per heavy atom. The van der Waals surface area contributed by atoms with Gasteiger partial charge in [0, 0.05) is 18.7 Å². The molecule has 0 aliphatic carbocycles. The van der Waals surface area contributed by atoms with E-state index in [0.29, 0.717) is 18.7 Å². The summed E-state index contributed by atoms with van der Waals surface area (Å²) >= 11 is 0. The topological polar surface area (TPSA) is 105 Å². The summed E-state index contributed by atoms with van der Waals surface area (Å²) in [5.41, 5.74) is 0.420. The van der Waals surface area contributed by atoms with E-state index in [1.807, 2.05) is 0 Å². The Kier molecular flexibility index (Phi) is 6.26. The van der Waals surface area contributed by atoms with E-state index in [1.165, 1.54) is 6.07 Å². The summed E-state index contributed by atoms with van der Waals surface area (Å²) in [6.45, 7) is 6.50. The van der Waals surface area contributed by atoms with Gasteiger partial charge < -0.3 is 9.64 Å². The second kappa shape index (κ2) is 8.52. The quantitative estimate of drug-likeness (QED) is 0.729. The summed E-state index contributed by atoms with van der Waals surface area (Å²) in [4.78, 5) is 31.5. The molecule has 0 saturated carbocycles. The SMILES string of the molecule is CC(C)[C@@H](N=C1NS(=O)(=O)c2ccccc21)C(=O)O[C@H](C)C(=O)N1CCCCC1. The number of esters is 1. The number of nitrogens with zero attached hydrogens (tertiary/aromatic N) is 2. The van der Waals surface area contributed by atoms with Gasteiger partial charge in [-0.1, -0.05) is 26.0 Å². The second-order valence-corrected chi connectivity index (χ2v) is 9.38. The zero-order valence-corrected chi connectivity index (χ0v) is 17.7. The molecule has 0 spiro atoms. The van der Waals surface area contributed by atoms with Gasteiger partial charge in [0.05, 0.1) is 4.90 Å². The Hall–Kier alpha value is -2.42. The smallest absolute Gasteiger partial charge is 0.331 e. The Labute approximate surface area is 171 Å². The molecular weight excluding hydrogens is 394 g/mol. The van der Waals surface area contributed by atoms with Crippen molar-refractivity contribution in [1.82, 2.24) is 9.62 Å². The third kappa shape index (κ3) is 4.60. The van der Waals surface area contributed by atoms with Gasteiger partial charge in [-0.3, -0.25) is 14.5 Å². The van der Waals surface area contributed by atoms with Crippen LogP contribution < -0.4 is 4.72 Å². The maximum Gasteiger partial charge on any atom is 0.331 e. The number of amidine groups is 1. The lowest BCUT2D eigenvalue weighted by Gasteiger charge is -2.29. The number of nitrogens with one attached hydrogen (secondary N) is 1. The lowest BCUT2D eigenvalue weighted by molar-refractivity contribution is -0.161. The van der Waals surface area contributed by atoms with E-state index in [1.54, 1.807) is 43.9 Å². The highest BCUT2D eigenvalue weighted by molar-refractivity contribution is 7.90. The van der Waals surface area contributed by atoms with Crippen molar-refractivity contribution >= 4 is 27.7 Å². The first kappa shape index (κ1) is 21.3. The molecule has 9 heteroatoms. The molecule has 3 rings (SSSR count). The summed E-state index contributed by atoms with van der Waals surface area (Å²) in [5, 5.41) is 0. The van der Waals surface area contributed by atoms with Gasteiger partial charge in [-0.05, 0) is 44.2 Å². The van der Waals surface area contributed by atoms with E-state index in [0.717, 1.165) is 19.3 Å². The van der Waals surface area contributed by atoms with E-state index in [4.69, 9.17) is 4.74 Å². The number of ether oxygens (including phenoxy) is 1. The van der Waals surface area contributed by atoms with Crippen LogP contribution >= 0.6 is 0 Å². The minimum Gasteiger partial charge on any atom is -0.451 e. The minimum absolute atomic E-state index is 0.117. The maximum absolute atomic E-state index is 12.8. The van der Waals surface area contributed by atoms with Crippen LogP contribution in [0.5, 0.6) is 0 Å². The average Bonchev–Trinajstić information content (AvgIpc) is 2.96. The summed E-state index contributed by atoms with van der Waals surface area (Å²) in [6, 6.07) is 5.52. The normalized spacial score (nSPS) is 21.4. The molecule has 2 heterocycles. The number of likely N-dealkylation sites (tertiary alicyclic amines) is 1. The molecule has 2 atom stereocenters. The minimum atomic E-state index is -3.70. The summed E-state index contributed by atoms with van der Waals surface area (Å²) in [7, 11) is -3.70. The largest absolute Gasteiger partial charge is 0.451 e. The zero-order chi connectivity index (χ0) is 21.2. The first-order valence-corrected chi connectivity index (χ1v) is 11.4. The molecule has 0 bridgehead atoms. The van der Waals surface area contributed by atoms with Crippen molar-refractivity contribution < 1.29 is 22.7 Å². The van der Waals surface area contributed by atoms with Crippen molar-refractivity contribution in [2.45, 2.75) is 57.1 Å². The number of hydrogen-bond acceptors (Lipinski definition) is 6. The molecule has 8 nitrogen and oxygen atoms in total. The van der Waals surface area contributed by atoms with Gasteiger partial charge in [-0.15, -0.1) is 0 Å². The van der Waals surface area contributed by atoms with Crippen molar-refractivity contribution in [2.75, 3.05) is 13.1 Å². The predicted octanol–water partition coefficient (Wildman–Crippen LogP) is 1.69. The van der Waals surface area contributed by atoms with Gasteiger partial charge in [0.25, 0.3) is 15.9 Å². The third-order valence-electron chi connectivity index (χ3n) is 5.11. The molecule has 2 aliphatic rings. The number of carbonyl (C=O) groups excluding carboxylic acids is 2. The van der Waals surface area contributed by atoms with Gasteiger partial charge in [0.1, 0.15) is 5.84 Å². The van der Waals surface area contributed by atoms with Crippen LogP contribution in [0.15, 0.2) is 34.2 Å². The zero-order valence-electron chi connectivity index (χ0n) is 16.9. The summed E-state index contributed by atoms with van der Waals surface area (Å²) < 4.78 is 32.4. The Morgan fingerprint density at radius 2 is 1.76 bits per heavy atom. The number of fused-ring (bicyclic) bond motifs is 1. The average molecular weight is 422 g/mol. The van der Waals surface area contributed by atoms with Gasteiger partial charge in [0.15, 0.2) is 12.1 Å². The van der Waals surface area contributed by atoms with E-state index in [-0.39, 0.29) is 22.6 Å². The summed E-state index contributed by atoms with van der Waals surface area (Å²) in [5.74, 6) is -0.982. The first-order chi connectivity index (χ1) is 13.7. The van der Waals surface area contributed by atoms with Crippen LogP contribution in [0.25, 0.3) is 0 Å². The van der Waals surface area contributed by atoms with E-state index in [2.05, 4.69) is 9.71 Å². The molecule has 0 unspecified atom stereocenters. The van der Waals surface area contributed by atoms with Crippen LogP contribution in [-0.2, 0) is 24.3 Å². The molecule has 1 aromatic carbocycles. The number of carbonyl (C=O) groups is 2. The van der Waals surface area contributed by atoms with Crippen molar-refractivity contribution in [3.63, 3.8) is 0 Å². The lowest BCUT2D eigenvalue weighted by Crippen LogP contribution is -2.44. The molecule has 1 fully saturated rings. The Morgan fingerprint density at radius 3 is 2.41 bits per heavy atom. The van der Waals surface area contributed by atoms with Crippen molar-refractivity contribution in [3.8, 4) is 0 Å². The Balaban J connectivity index is 1.77.